The molecular formula is C18H24N2O2. The summed E-state index contributed by atoms with van der Waals surface area (Å²) in [5.74, 6) is -0.111. The van der Waals surface area contributed by atoms with Gasteiger partial charge in [-0.2, -0.15) is 0 Å². The quantitative estimate of drug-likeness (QED) is 0.933. The molecule has 4 nitrogen and oxygen atoms in total. The largest absolute Gasteiger partial charge is 0.353 e. The Morgan fingerprint density at radius 2 is 1.95 bits per heavy atom. The molecular weight excluding hydrogens is 276 g/mol. The normalized spacial score (nSPS) is 22.4. The molecule has 1 N–H and O–H groups in total. The SMILES string of the molecule is Cc1ccc(N2CC(C(=O)NC3CCCC3)CC2=O)c(C)c1. The molecule has 0 spiro atoms. The Bertz CT molecular complexity index is 591. The van der Waals surface area contributed by atoms with Crippen molar-refractivity contribution in [2.24, 2.45) is 5.92 Å². The zero-order valence-corrected chi connectivity index (χ0v) is 13.4. The van der Waals surface area contributed by atoms with Crippen LogP contribution in [-0.4, -0.2) is 24.4 Å². The van der Waals surface area contributed by atoms with Crippen molar-refractivity contribution < 1.29 is 9.59 Å². The summed E-state index contributed by atoms with van der Waals surface area (Å²) in [5, 5.41) is 3.12. The van der Waals surface area contributed by atoms with Crippen molar-refractivity contribution in [3.05, 3.63) is 29.3 Å². The Balaban J connectivity index is 1.68. The van der Waals surface area contributed by atoms with Gasteiger partial charge in [-0.15, -0.1) is 0 Å². The lowest BCUT2D eigenvalue weighted by molar-refractivity contribution is -0.126. The van der Waals surface area contributed by atoms with Crippen LogP contribution >= 0.6 is 0 Å². The minimum atomic E-state index is -0.214. The average Bonchev–Trinajstić information content (AvgIpc) is 3.09. The van der Waals surface area contributed by atoms with Gasteiger partial charge in [0.2, 0.25) is 11.8 Å². The third-order valence-electron chi connectivity index (χ3n) is 4.84. The number of nitrogens with one attached hydrogen (secondary N) is 1. The number of anilines is 1. The molecule has 1 aliphatic heterocycles. The van der Waals surface area contributed by atoms with Crippen LogP contribution in [0.3, 0.4) is 0 Å². The van der Waals surface area contributed by atoms with Crippen LogP contribution in [0.4, 0.5) is 5.69 Å². The lowest BCUT2D eigenvalue weighted by Gasteiger charge is -2.20. The lowest BCUT2D eigenvalue weighted by Crippen LogP contribution is -2.38. The molecule has 1 atom stereocenters. The molecule has 0 radical (unpaired) electrons. The fraction of sp³-hybridized carbons (Fsp3) is 0.556. The first kappa shape index (κ1) is 15.1. The summed E-state index contributed by atoms with van der Waals surface area (Å²) in [6.45, 7) is 4.56. The molecule has 1 aliphatic carbocycles. The Morgan fingerprint density at radius 3 is 2.64 bits per heavy atom. The second-order valence-corrected chi connectivity index (χ2v) is 6.69. The van der Waals surface area contributed by atoms with Gasteiger partial charge < -0.3 is 10.2 Å². The monoisotopic (exact) mass is 300 g/mol. The summed E-state index contributed by atoms with van der Waals surface area (Å²) >= 11 is 0. The molecule has 1 aromatic rings. The van der Waals surface area contributed by atoms with E-state index in [4.69, 9.17) is 0 Å². The van der Waals surface area contributed by atoms with Gasteiger partial charge in [0.1, 0.15) is 0 Å². The first-order valence-electron chi connectivity index (χ1n) is 8.22. The number of aryl methyl sites for hydroxylation is 2. The van der Waals surface area contributed by atoms with E-state index in [1.54, 1.807) is 4.90 Å². The van der Waals surface area contributed by atoms with Gasteiger partial charge in [0.15, 0.2) is 0 Å². The predicted octanol–water partition coefficient (Wildman–Crippen LogP) is 2.72. The van der Waals surface area contributed by atoms with Gasteiger partial charge in [0.05, 0.1) is 5.92 Å². The van der Waals surface area contributed by atoms with Crippen molar-refractivity contribution in [2.75, 3.05) is 11.4 Å². The molecule has 1 saturated carbocycles. The van der Waals surface area contributed by atoms with Crippen molar-refractivity contribution in [1.82, 2.24) is 5.32 Å². The minimum Gasteiger partial charge on any atom is -0.353 e. The highest BCUT2D eigenvalue weighted by atomic mass is 16.2. The fourth-order valence-corrected chi connectivity index (χ4v) is 3.61. The number of hydrogen-bond donors (Lipinski definition) is 1. The van der Waals surface area contributed by atoms with E-state index >= 15 is 0 Å². The van der Waals surface area contributed by atoms with Crippen molar-refractivity contribution in [1.29, 1.82) is 0 Å². The van der Waals surface area contributed by atoms with Gasteiger partial charge in [0, 0.05) is 24.7 Å². The zero-order valence-electron chi connectivity index (χ0n) is 13.4. The van der Waals surface area contributed by atoms with Crippen molar-refractivity contribution >= 4 is 17.5 Å². The highest BCUT2D eigenvalue weighted by molar-refractivity contribution is 6.00. The molecule has 22 heavy (non-hydrogen) atoms. The van der Waals surface area contributed by atoms with Crippen molar-refractivity contribution in [3.63, 3.8) is 0 Å². The number of benzene rings is 1. The topological polar surface area (TPSA) is 49.4 Å². The molecule has 2 amide bonds. The molecule has 0 bridgehead atoms. The number of amides is 2. The molecule has 2 aliphatic rings. The maximum Gasteiger partial charge on any atom is 0.227 e. The molecule has 1 heterocycles. The number of nitrogens with zero attached hydrogens (tertiary/aromatic N) is 1. The summed E-state index contributed by atoms with van der Waals surface area (Å²) in [4.78, 5) is 26.5. The average molecular weight is 300 g/mol. The molecule has 1 unspecified atom stereocenters. The van der Waals surface area contributed by atoms with Gasteiger partial charge in [-0.05, 0) is 38.3 Å². The van der Waals surface area contributed by atoms with Crippen LogP contribution in [0.1, 0.15) is 43.2 Å². The summed E-state index contributed by atoms with van der Waals surface area (Å²) in [6, 6.07) is 6.40. The Morgan fingerprint density at radius 1 is 1.23 bits per heavy atom. The Labute approximate surface area is 131 Å². The van der Waals surface area contributed by atoms with E-state index in [0.717, 1.165) is 24.1 Å². The maximum atomic E-state index is 12.4. The van der Waals surface area contributed by atoms with E-state index in [1.807, 2.05) is 26.0 Å². The summed E-state index contributed by atoms with van der Waals surface area (Å²) in [6.07, 6.45) is 4.87. The standard InChI is InChI=1S/C18H24N2O2/c1-12-7-8-16(13(2)9-12)20-11-14(10-17(20)21)18(22)19-15-5-3-4-6-15/h7-9,14-15H,3-6,10-11H2,1-2H3,(H,19,22). The number of rotatable bonds is 3. The molecule has 3 rings (SSSR count). The predicted molar refractivity (Wildman–Crippen MR) is 86.8 cm³/mol. The minimum absolute atomic E-state index is 0.0486. The van der Waals surface area contributed by atoms with Crippen LogP contribution in [0.15, 0.2) is 18.2 Å². The molecule has 1 aromatic carbocycles. The summed E-state index contributed by atoms with van der Waals surface area (Å²) in [5.41, 5.74) is 3.21. The summed E-state index contributed by atoms with van der Waals surface area (Å²) < 4.78 is 0. The van der Waals surface area contributed by atoms with Crippen molar-refractivity contribution in [2.45, 2.75) is 52.0 Å². The third kappa shape index (κ3) is 3.01. The van der Waals surface area contributed by atoms with E-state index in [9.17, 15) is 9.59 Å². The van der Waals surface area contributed by atoms with Gasteiger partial charge in [0.25, 0.3) is 0 Å². The van der Waals surface area contributed by atoms with E-state index in [1.165, 1.54) is 18.4 Å². The second-order valence-electron chi connectivity index (χ2n) is 6.69. The third-order valence-corrected chi connectivity index (χ3v) is 4.84. The number of carbonyl (C=O) groups excluding carboxylic acids is 2. The van der Waals surface area contributed by atoms with Crippen LogP contribution < -0.4 is 10.2 Å². The van der Waals surface area contributed by atoms with E-state index < -0.39 is 0 Å². The van der Waals surface area contributed by atoms with Gasteiger partial charge in [-0.25, -0.2) is 0 Å². The molecule has 1 saturated heterocycles. The zero-order chi connectivity index (χ0) is 15.7. The van der Waals surface area contributed by atoms with Gasteiger partial charge >= 0.3 is 0 Å². The molecule has 118 valence electrons. The van der Waals surface area contributed by atoms with Crippen LogP contribution in [0.2, 0.25) is 0 Å². The van der Waals surface area contributed by atoms with Crippen molar-refractivity contribution in [3.8, 4) is 0 Å². The summed E-state index contributed by atoms with van der Waals surface area (Å²) in [7, 11) is 0. The van der Waals surface area contributed by atoms with Crippen LogP contribution in [0.5, 0.6) is 0 Å². The van der Waals surface area contributed by atoms with Crippen LogP contribution in [0, 0.1) is 19.8 Å². The first-order chi connectivity index (χ1) is 10.5. The number of carbonyl (C=O) groups is 2. The van der Waals surface area contributed by atoms with Crippen LogP contribution in [0.25, 0.3) is 0 Å². The van der Waals surface area contributed by atoms with E-state index in [2.05, 4.69) is 11.4 Å². The fourth-order valence-electron chi connectivity index (χ4n) is 3.61. The molecule has 0 aromatic heterocycles. The van der Waals surface area contributed by atoms with Gasteiger partial charge in [-0.1, -0.05) is 30.5 Å². The van der Waals surface area contributed by atoms with Gasteiger partial charge in [-0.3, -0.25) is 9.59 Å². The van der Waals surface area contributed by atoms with Crippen LogP contribution in [-0.2, 0) is 9.59 Å². The Kier molecular flexibility index (Phi) is 4.19. The Hall–Kier alpha value is -1.84. The smallest absolute Gasteiger partial charge is 0.227 e. The lowest BCUT2D eigenvalue weighted by atomic mass is 10.1. The van der Waals surface area contributed by atoms with E-state index in [-0.39, 0.29) is 17.7 Å². The first-order valence-corrected chi connectivity index (χ1v) is 8.22. The maximum absolute atomic E-state index is 12.4. The highest BCUT2D eigenvalue weighted by Gasteiger charge is 2.36. The highest BCUT2D eigenvalue weighted by Crippen LogP contribution is 2.29. The molecule has 4 heteroatoms. The molecule has 2 fully saturated rings. The second kappa shape index (κ2) is 6.11. The number of hydrogen-bond acceptors (Lipinski definition) is 2. The van der Waals surface area contributed by atoms with E-state index in [0.29, 0.717) is 19.0 Å².